The number of rotatable bonds is 1. The SMILES string of the molecule is O=c1[nH]ncn1-c1cc(Cl)ccc1Cl. The molecule has 6 heteroatoms. The molecular formula is C8H5Cl2N3O. The predicted octanol–water partition coefficient (Wildman–Crippen LogP) is 1.87. The molecular weight excluding hydrogens is 225 g/mol. The highest BCUT2D eigenvalue weighted by atomic mass is 35.5. The van der Waals surface area contributed by atoms with Gasteiger partial charge in [0.15, 0.2) is 0 Å². The van der Waals surface area contributed by atoms with Gasteiger partial charge in [0.1, 0.15) is 6.33 Å². The topological polar surface area (TPSA) is 50.7 Å². The summed E-state index contributed by atoms with van der Waals surface area (Å²) in [6.45, 7) is 0. The maximum absolute atomic E-state index is 11.2. The second-order valence-electron chi connectivity index (χ2n) is 2.63. The van der Waals surface area contributed by atoms with Gasteiger partial charge in [0.25, 0.3) is 0 Å². The average Bonchev–Trinajstić information content (AvgIpc) is 2.56. The summed E-state index contributed by atoms with van der Waals surface area (Å²) in [5.41, 5.74) is 0.159. The first-order valence-electron chi connectivity index (χ1n) is 3.76. The van der Waals surface area contributed by atoms with E-state index < -0.39 is 0 Å². The molecule has 0 unspecified atom stereocenters. The fourth-order valence-corrected chi connectivity index (χ4v) is 1.47. The zero-order valence-corrected chi connectivity index (χ0v) is 8.38. The monoisotopic (exact) mass is 229 g/mol. The van der Waals surface area contributed by atoms with Crippen LogP contribution in [0.3, 0.4) is 0 Å². The number of aromatic nitrogens is 3. The van der Waals surface area contributed by atoms with Gasteiger partial charge < -0.3 is 0 Å². The van der Waals surface area contributed by atoms with Crippen LogP contribution in [0.15, 0.2) is 29.3 Å². The van der Waals surface area contributed by atoms with Crippen molar-refractivity contribution in [1.29, 1.82) is 0 Å². The normalized spacial score (nSPS) is 10.4. The van der Waals surface area contributed by atoms with Crippen molar-refractivity contribution in [3.8, 4) is 5.69 Å². The minimum absolute atomic E-state index is 0.353. The van der Waals surface area contributed by atoms with Gasteiger partial charge in [0.05, 0.1) is 10.7 Å². The number of nitrogens with zero attached hydrogens (tertiary/aromatic N) is 2. The molecule has 14 heavy (non-hydrogen) atoms. The molecule has 0 aliphatic heterocycles. The van der Waals surface area contributed by atoms with Crippen molar-refractivity contribution in [3.63, 3.8) is 0 Å². The van der Waals surface area contributed by atoms with Crippen molar-refractivity contribution in [1.82, 2.24) is 14.8 Å². The smallest absolute Gasteiger partial charge is 0.248 e. The summed E-state index contributed by atoms with van der Waals surface area (Å²) in [7, 11) is 0. The number of H-pyrrole nitrogens is 1. The first-order chi connectivity index (χ1) is 6.68. The lowest BCUT2D eigenvalue weighted by molar-refractivity contribution is 0.983. The fourth-order valence-electron chi connectivity index (χ4n) is 1.09. The van der Waals surface area contributed by atoms with Crippen LogP contribution in [-0.4, -0.2) is 14.8 Å². The molecule has 72 valence electrons. The maximum atomic E-state index is 11.2. The highest BCUT2D eigenvalue weighted by molar-refractivity contribution is 6.34. The summed E-state index contributed by atoms with van der Waals surface area (Å²) in [6.07, 6.45) is 1.35. The molecule has 0 fully saturated rings. The standard InChI is InChI=1S/C8H5Cl2N3O/c9-5-1-2-6(10)7(3-5)13-4-11-12-8(13)14/h1-4H,(H,12,14). The molecule has 1 heterocycles. The fraction of sp³-hybridized carbons (Fsp3) is 0. The number of benzene rings is 1. The molecule has 0 aliphatic rings. The Labute approximate surface area is 89.1 Å². The van der Waals surface area contributed by atoms with E-state index in [0.29, 0.717) is 15.7 Å². The van der Waals surface area contributed by atoms with Gasteiger partial charge >= 0.3 is 5.69 Å². The zero-order valence-electron chi connectivity index (χ0n) is 6.87. The lowest BCUT2D eigenvalue weighted by Gasteiger charge is -2.02. The van der Waals surface area contributed by atoms with Crippen LogP contribution in [0.25, 0.3) is 5.69 Å². The molecule has 4 nitrogen and oxygen atoms in total. The molecule has 0 radical (unpaired) electrons. The second kappa shape index (κ2) is 3.48. The van der Waals surface area contributed by atoms with Crippen molar-refractivity contribution in [2.24, 2.45) is 0 Å². The molecule has 0 saturated carbocycles. The van der Waals surface area contributed by atoms with Crippen molar-refractivity contribution >= 4 is 23.2 Å². The number of aromatic amines is 1. The predicted molar refractivity (Wildman–Crippen MR) is 54.2 cm³/mol. The van der Waals surface area contributed by atoms with Gasteiger partial charge in [0, 0.05) is 5.02 Å². The first-order valence-corrected chi connectivity index (χ1v) is 4.51. The third-order valence-electron chi connectivity index (χ3n) is 1.72. The van der Waals surface area contributed by atoms with Crippen molar-refractivity contribution in [2.45, 2.75) is 0 Å². The van der Waals surface area contributed by atoms with E-state index in [1.54, 1.807) is 18.2 Å². The van der Waals surface area contributed by atoms with Crippen LogP contribution in [0.2, 0.25) is 10.0 Å². The van der Waals surface area contributed by atoms with Gasteiger partial charge in [-0.05, 0) is 18.2 Å². The van der Waals surface area contributed by atoms with E-state index >= 15 is 0 Å². The highest BCUT2D eigenvalue weighted by Crippen LogP contribution is 2.22. The summed E-state index contributed by atoms with van der Waals surface area (Å²) < 4.78 is 1.29. The first kappa shape index (κ1) is 9.30. The Balaban J connectivity index is 2.68. The summed E-state index contributed by atoms with van der Waals surface area (Å²) in [5, 5.41) is 6.82. The molecule has 2 rings (SSSR count). The molecule has 0 bridgehead atoms. The minimum atomic E-state index is -0.353. The largest absolute Gasteiger partial charge is 0.347 e. The van der Waals surface area contributed by atoms with Crippen LogP contribution in [-0.2, 0) is 0 Å². The second-order valence-corrected chi connectivity index (χ2v) is 3.47. The lowest BCUT2D eigenvalue weighted by atomic mass is 10.3. The van der Waals surface area contributed by atoms with Gasteiger partial charge in [-0.1, -0.05) is 23.2 Å². The molecule has 0 amide bonds. The summed E-state index contributed by atoms with van der Waals surface area (Å²) in [6, 6.07) is 4.87. The molecule has 0 spiro atoms. The Morgan fingerprint density at radius 2 is 2.14 bits per heavy atom. The third-order valence-corrected chi connectivity index (χ3v) is 2.27. The van der Waals surface area contributed by atoms with E-state index in [1.807, 2.05) is 0 Å². The molecule has 2 aromatic rings. The molecule has 1 N–H and O–H groups in total. The van der Waals surface area contributed by atoms with Crippen molar-refractivity contribution in [2.75, 3.05) is 0 Å². The Kier molecular flexibility index (Phi) is 2.31. The molecule has 0 aliphatic carbocycles. The molecule has 1 aromatic heterocycles. The molecule has 0 atom stereocenters. The third kappa shape index (κ3) is 1.54. The zero-order chi connectivity index (χ0) is 10.1. The average molecular weight is 230 g/mol. The van der Waals surface area contributed by atoms with Gasteiger partial charge in [-0.2, -0.15) is 5.10 Å². The van der Waals surface area contributed by atoms with E-state index in [-0.39, 0.29) is 5.69 Å². The van der Waals surface area contributed by atoms with E-state index in [0.717, 1.165) is 0 Å². The van der Waals surface area contributed by atoms with Gasteiger partial charge in [0.2, 0.25) is 0 Å². The Morgan fingerprint density at radius 3 is 2.79 bits per heavy atom. The van der Waals surface area contributed by atoms with Gasteiger partial charge in [-0.25, -0.2) is 14.5 Å². The van der Waals surface area contributed by atoms with Crippen molar-refractivity contribution < 1.29 is 0 Å². The van der Waals surface area contributed by atoms with Crippen LogP contribution in [0.1, 0.15) is 0 Å². The maximum Gasteiger partial charge on any atom is 0.347 e. The molecule has 1 aromatic carbocycles. The summed E-state index contributed by atoms with van der Waals surface area (Å²) >= 11 is 11.7. The van der Waals surface area contributed by atoms with E-state index in [9.17, 15) is 4.79 Å². The number of halogens is 2. The van der Waals surface area contributed by atoms with Crippen LogP contribution in [0.5, 0.6) is 0 Å². The Morgan fingerprint density at radius 1 is 1.36 bits per heavy atom. The summed E-state index contributed by atoms with van der Waals surface area (Å²) in [4.78, 5) is 11.2. The summed E-state index contributed by atoms with van der Waals surface area (Å²) in [5.74, 6) is 0. The number of hydrogen-bond donors (Lipinski definition) is 1. The highest BCUT2D eigenvalue weighted by Gasteiger charge is 2.06. The Bertz CT molecular complexity index is 517. The van der Waals surface area contributed by atoms with Crippen LogP contribution >= 0.6 is 23.2 Å². The minimum Gasteiger partial charge on any atom is -0.248 e. The van der Waals surface area contributed by atoms with Crippen molar-refractivity contribution in [3.05, 3.63) is 45.1 Å². The quantitative estimate of drug-likeness (QED) is 0.812. The lowest BCUT2D eigenvalue weighted by Crippen LogP contribution is -2.14. The Hall–Kier alpha value is -1.26. The number of hydrogen-bond acceptors (Lipinski definition) is 2. The molecule has 0 saturated heterocycles. The van der Waals surface area contributed by atoms with Crippen LogP contribution < -0.4 is 5.69 Å². The van der Waals surface area contributed by atoms with Crippen LogP contribution in [0.4, 0.5) is 0 Å². The van der Waals surface area contributed by atoms with Crippen LogP contribution in [0, 0.1) is 0 Å². The number of nitrogens with one attached hydrogen (secondary N) is 1. The van der Waals surface area contributed by atoms with E-state index in [1.165, 1.54) is 10.9 Å². The van der Waals surface area contributed by atoms with E-state index in [2.05, 4.69) is 10.2 Å². The van der Waals surface area contributed by atoms with E-state index in [4.69, 9.17) is 23.2 Å². The van der Waals surface area contributed by atoms with Gasteiger partial charge in [-0.3, -0.25) is 0 Å². The van der Waals surface area contributed by atoms with Gasteiger partial charge in [-0.15, -0.1) is 0 Å².